The summed E-state index contributed by atoms with van der Waals surface area (Å²) in [5.41, 5.74) is 0. The van der Waals surface area contributed by atoms with Crippen molar-refractivity contribution in [3.05, 3.63) is 11.7 Å². The van der Waals surface area contributed by atoms with Crippen LogP contribution in [0.2, 0.25) is 0 Å². The Balaban J connectivity index is 1.36. The predicted octanol–water partition coefficient (Wildman–Crippen LogP) is 1.73. The summed E-state index contributed by atoms with van der Waals surface area (Å²) in [4.78, 5) is 21.7. The highest BCUT2D eigenvalue weighted by molar-refractivity contribution is 5.78. The Labute approximate surface area is 148 Å². The molecule has 1 amide bonds. The average Bonchev–Trinajstić information content (AvgIpc) is 3.08. The van der Waals surface area contributed by atoms with E-state index in [1.807, 2.05) is 6.92 Å². The van der Waals surface area contributed by atoms with Crippen LogP contribution >= 0.6 is 0 Å². The Bertz CT molecular complexity index is 603. The van der Waals surface area contributed by atoms with Crippen LogP contribution < -0.4 is 0 Å². The fraction of sp³-hybridized carbons (Fsp3) is 0.833. The molecule has 3 heterocycles. The van der Waals surface area contributed by atoms with E-state index in [2.05, 4.69) is 19.9 Å². The van der Waals surface area contributed by atoms with Gasteiger partial charge in [0, 0.05) is 13.1 Å². The highest BCUT2D eigenvalue weighted by Crippen LogP contribution is 2.29. The van der Waals surface area contributed by atoms with Gasteiger partial charge in [-0.2, -0.15) is 4.98 Å². The Morgan fingerprint density at radius 3 is 2.92 bits per heavy atom. The van der Waals surface area contributed by atoms with Crippen molar-refractivity contribution < 1.29 is 14.1 Å². The Morgan fingerprint density at radius 2 is 2.08 bits per heavy atom. The lowest BCUT2D eigenvalue weighted by atomic mass is 9.90. The maximum Gasteiger partial charge on any atom is 0.237 e. The molecule has 0 spiro atoms. The molecule has 0 unspecified atom stereocenters. The number of likely N-dealkylation sites (tertiary alicyclic amines) is 1. The zero-order valence-corrected chi connectivity index (χ0v) is 15.0. The second kappa shape index (κ2) is 7.41. The van der Waals surface area contributed by atoms with Crippen LogP contribution in [0, 0.1) is 6.92 Å². The molecule has 2 saturated heterocycles. The minimum atomic E-state index is 0.245. The van der Waals surface area contributed by atoms with E-state index in [4.69, 9.17) is 9.26 Å². The summed E-state index contributed by atoms with van der Waals surface area (Å²) in [5.74, 6) is 1.89. The van der Waals surface area contributed by atoms with E-state index in [1.165, 1.54) is 12.8 Å². The monoisotopic (exact) mass is 348 g/mol. The average molecular weight is 348 g/mol. The number of nitrogens with zero attached hydrogens (tertiary/aromatic N) is 4. The van der Waals surface area contributed by atoms with Crippen molar-refractivity contribution in [3.8, 4) is 0 Å². The molecule has 0 radical (unpaired) electrons. The fourth-order valence-corrected chi connectivity index (χ4v) is 4.57. The van der Waals surface area contributed by atoms with Gasteiger partial charge in [0.1, 0.15) is 0 Å². The van der Waals surface area contributed by atoms with Crippen molar-refractivity contribution in [1.29, 1.82) is 0 Å². The summed E-state index contributed by atoms with van der Waals surface area (Å²) >= 11 is 0. The lowest BCUT2D eigenvalue weighted by Crippen LogP contribution is -2.57. The van der Waals surface area contributed by atoms with Crippen LogP contribution in [-0.2, 0) is 9.53 Å². The van der Waals surface area contributed by atoms with Crippen LogP contribution in [0.3, 0.4) is 0 Å². The molecule has 0 bridgehead atoms. The molecule has 0 aromatic carbocycles. The third kappa shape index (κ3) is 3.72. The molecule has 1 aromatic heterocycles. The molecule has 1 saturated carbocycles. The Hall–Kier alpha value is -1.47. The number of piperidine rings is 1. The van der Waals surface area contributed by atoms with Crippen molar-refractivity contribution in [2.45, 2.75) is 63.5 Å². The summed E-state index contributed by atoms with van der Waals surface area (Å²) < 4.78 is 11.2. The molecule has 7 nitrogen and oxygen atoms in total. The summed E-state index contributed by atoms with van der Waals surface area (Å²) in [6.07, 6.45) is 6.97. The lowest BCUT2D eigenvalue weighted by molar-refractivity contribution is -0.150. The van der Waals surface area contributed by atoms with Crippen molar-refractivity contribution in [3.63, 3.8) is 0 Å². The number of carbonyl (C=O) groups excluding carboxylic acids is 1. The van der Waals surface area contributed by atoms with Gasteiger partial charge in [0.2, 0.25) is 11.8 Å². The number of amides is 1. The first-order valence-corrected chi connectivity index (χ1v) is 9.64. The molecule has 1 aliphatic carbocycles. The number of hydrogen-bond donors (Lipinski definition) is 0. The molecular formula is C18H28N4O3. The molecule has 2 aliphatic heterocycles. The Morgan fingerprint density at radius 1 is 1.20 bits per heavy atom. The van der Waals surface area contributed by atoms with Gasteiger partial charge in [-0.3, -0.25) is 9.69 Å². The number of morpholine rings is 1. The first-order valence-electron chi connectivity index (χ1n) is 9.64. The van der Waals surface area contributed by atoms with Crippen LogP contribution in [-0.4, -0.2) is 70.8 Å². The molecule has 4 rings (SSSR count). The first-order chi connectivity index (χ1) is 12.2. The quantitative estimate of drug-likeness (QED) is 0.828. The second-order valence-electron chi connectivity index (χ2n) is 7.60. The van der Waals surface area contributed by atoms with Crippen LogP contribution in [0.4, 0.5) is 0 Å². The van der Waals surface area contributed by atoms with Crippen LogP contribution in [0.15, 0.2) is 4.52 Å². The van der Waals surface area contributed by atoms with E-state index in [1.54, 1.807) is 0 Å². The first kappa shape index (κ1) is 17.0. The molecule has 3 fully saturated rings. The van der Waals surface area contributed by atoms with Gasteiger partial charge in [0.05, 0.1) is 31.2 Å². The minimum absolute atomic E-state index is 0.245. The summed E-state index contributed by atoms with van der Waals surface area (Å²) in [6.45, 7) is 5.54. The summed E-state index contributed by atoms with van der Waals surface area (Å²) in [5, 5.41) is 3.90. The van der Waals surface area contributed by atoms with E-state index in [0.29, 0.717) is 24.9 Å². The molecule has 1 aromatic rings. The van der Waals surface area contributed by atoms with Crippen molar-refractivity contribution >= 4 is 5.91 Å². The number of ether oxygens (including phenoxy) is 1. The normalized spacial score (nSPS) is 30.9. The highest BCUT2D eigenvalue weighted by atomic mass is 16.5. The molecule has 7 heteroatoms. The van der Waals surface area contributed by atoms with Gasteiger partial charge in [-0.25, -0.2) is 0 Å². The number of aryl methyl sites for hydroxylation is 1. The molecular weight excluding hydrogens is 320 g/mol. The smallest absolute Gasteiger partial charge is 0.237 e. The van der Waals surface area contributed by atoms with E-state index in [9.17, 15) is 4.79 Å². The van der Waals surface area contributed by atoms with E-state index < -0.39 is 0 Å². The number of fused-ring (bicyclic) bond motifs is 1. The fourth-order valence-electron chi connectivity index (χ4n) is 4.57. The van der Waals surface area contributed by atoms with Crippen LogP contribution in [0.5, 0.6) is 0 Å². The number of carbonyl (C=O) groups is 1. The van der Waals surface area contributed by atoms with Gasteiger partial charge >= 0.3 is 0 Å². The highest BCUT2D eigenvalue weighted by Gasteiger charge is 2.37. The van der Waals surface area contributed by atoms with E-state index in [0.717, 1.165) is 45.3 Å². The van der Waals surface area contributed by atoms with E-state index in [-0.39, 0.29) is 24.0 Å². The lowest BCUT2D eigenvalue weighted by Gasteiger charge is -2.44. The summed E-state index contributed by atoms with van der Waals surface area (Å²) in [6, 6.07) is 0.286. The standard InChI is InChI=1S/C18H28N4O3/c1-13-19-18(25-20-13)14-5-4-8-21(11-14)12-17(23)22-9-10-24-16-7-3-2-6-15(16)22/h14-16H,2-12H2,1H3/t14-,15-,16-/m1/s1. The third-order valence-corrected chi connectivity index (χ3v) is 5.81. The topological polar surface area (TPSA) is 71.7 Å². The van der Waals surface area contributed by atoms with Crippen LogP contribution in [0.1, 0.15) is 56.2 Å². The van der Waals surface area contributed by atoms with Gasteiger partial charge in [0.25, 0.3) is 0 Å². The molecule has 3 atom stereocenters. The molecule has 3 aliphatic rings. The SMILES string of the molecule is Cc1noc([C@@H]2CCCN(CC(=O)N3CCO[C@@H]4CCCC[C@H]43)C2)n1. The van der Waals surface area contributed by atoms with E-state index >= 15 is 0 Å². The number of rotatable bonds is 3. The maximum absolute atomic E-state index is 12.9. The molecule has 138 valence electrons. The molecule has 25 heavy (non-hydrogen) atoms. The number of aromatic nitrogens is 2. The predicted molar refractivity (Wildman–Crippen MR) is 91.2 cm³/mol. The second-order valence-corrected chi connectivity index (χ2v) is 7.60. The van der Waals surface area contributed by atoms with Crippen molar-refractivity contribution in [2.75, 3.05) is 32.8 Å². The third-order valence-electron chi connectivity index (χ3n) is 5.81. The Kier molecular flexibility index (Phi) is 5.03. The van der Waals surface area contributed by atoms with Gasteiger partial charge < -0.3 is 14.2 Å². The largest absolute Gasteiger partial charge is 0.374 e. The van der Waals surface area contributed by atoms with Gasteiger partial charge in [-0.05, 0) is 39.2 Å². The van der Waals surface area contributed by atoms with Crippen molar-refractivity contribution in [1.82, 2.24) is 19.9 Å². The van der Waals surface area contributed by atoms with Gasteiger partial charge in [0.15, 0.2) is 5.82 Å². The molecule has 0 N–H and O–H groups in total. The zero-order chi connectivity index (χ0) is 17.2. The summed E-state index contributed by atoms with van der Waals surface area (Å²) in [7, 11) is 0. The zero-order valence-electron chi connectivity index (χ0n) is 15.0. The van der Waals surface area contributed by atoms with Crippen LogP contribution in [0.25, 0.3) is 0 Å². The number of hydrogen-bond acceptors (Lipinski definition) is 6. The van der Waals surface area contributed by atoms with Gasteiger partial charge in [-0.15, -0.1) is 0 Å². The van der Waals surface area contributed by atoms with Gasteiger partial charge in [-0.1, -0.05) is 18.0 Å². The maximum atomic E-state index is 12.9. The van der Waals surface area contributed by atoms with Crippen molar-refractivity contribution in [2.24, 2.45) is 0 Å². The minimum Gasteiger partial charge on any atom is -0.374 e.